The summed E-state index contributed by atoms with van der Waals surface area (Å²) in [5.41, 5.74) is 0. The van der Waals surface area contributed by atoms with Gasteiger partial charge in [-0.1, -0.05) is 13.8 Å². The van der Waals surface area contributed by atoms with Crippen LogP contribution in [0, 0.1) is 5.92 Å². The number of aliphatic carboxylic acids is 1. The molecule has 0 radical (unpaired) electrons. The molecule has 0 aliphatic carbocycles. The fraction of sp³-hybridized carbons (Fsp3) is 0.909. The molecule has 3 unspecified atom stereocenters. The first-order valence-electron chi connectivity index (χ1n) is 5.60. The van der Waals surface area contributed by atoms with Crippen LogP contribution in [0.2, 0.25) is 0 Å². The summed E-state index contributed by atoms with van der Waals surface area (Å²) in [4.78, 5) is 15.3. The smallest absolute Gasteiger partial charge is 0.320 e. The zero-order valence-electron chi connectivity index (χ0n) is 10.1. The van der Waals surface area contributed by atoms with Crippen molar-refractivity contribution in [3.05, 3.63) is 0 Å². The van der Waals surface area contributed by atoms with Gasteiger partial charge in [0, 0.05) is 19.1 Å². The van der Waals surface area contributed by atoms with Gasteiger partial charge >= 0.3 is 5.97 Å². The van der Waals surface area contributed by atoms with E-state index in [0.29, 0.717) is 18.4 Å². The molecule has 1 saturated heterocycles. The average molecular weight is 214 g/mol. The van der Waals surface area contributed by atoms with Crippen molar-refractivity contribution < 1.29 is 9.90 Å². The Bertz CT molecular complexity index is 231. The molecule has 0 bridgehead atoms. The van der Waals surface area contributed by atoms with Crippen molar-refractivity contribution in [3.8, 4) is 0 Å². The average Bonchev–Trinajstić information content (AvgIpc) is 2.48. The third kappa shape index (κ3) is 2.69. The van der Waals surface area contributed by atoms with Gasteiger partial charge in [-0.15, -0.1) is 0 Å². The number of likely N-dealkylation sites (tertiary alicyclic amines) is 1. The summed E-state index contributed by atoms with van der Waals surface area (Å²) >= 11 is 0. The fourth-order valence-corrected chi connectivity index (χ4v) is 2.50. The van der Waals surface area contributed by atoms with Crippen molar-refractivity contribution in [2.75, 3.05) is 27.2 Å². The van der Waals surface area contributed by atoms with E-state index in [2.05, 4.69) is 30.8 Å². The summed E-state index contributed by atoms with van der Waals surface area (Å²) in [6, 6.07) is 0.177. The second kappa shape index (κ2) is 4.94. The Hall–Kier alpha value is -0.610. The SMILES string of the molecule is CCC(C(=O)O)N1CC(C)C(N(C)C)C1. The molecular formula is C11H22N2O2. The number of carboxylic acids is 1. The first-order valence-corrected chi connectivity index (χ1v) is 5.60. The van der Waals surface area contributed by atoms with Gasteiger partial charge in [-0.25, -0.2) is 0 Å². The van der Waals surface area contributed by atoms with Crippen LogP contribution in [0.1, 0.15) is 20.3 Å². The van der Waals surface area contributed by atoms with E-state index >= 15 is 0 Å². The molecule has 0 saturated carbocycles. The van der Waals surface area contributed by atoms with Gasteiger partial charge in [0.1, 0.15) is 6.04 Å². The molecular weight excluding hydrogens is 192 g/mol. The van der Waals surface area contributed by atoms with Gasteiger partial charge in [0.25, 0.3) is 0 Å². The highest BCUT2D eigenvalue weighted by Gasteiger charge is 2.36. The minimum absolute atomic E-state index is 0.308. The molecule has 0 amide bonds. The molecule has 0 spiro atoms. The van der Waals surface area contributed by atoms with Gasteiger partial charge in [0.05, 0.1) is 0 Å². The van der Waals surface area contributed by atoms with Gasteiger partial charge in [-0.05, 0) is 26.4 Å². The molecule has 88 valence electrons. The predicted molar refractivity (Wildman–Crippen MR) is 59.9 cm³/mol. The number of hydrogen-bond acceptors (Lipinski definition) is 3. The van der Waals surface area contributed by atoms with E-state index in [1.807, 2.05) is 6.92 Å². The maximum atomic E-state index is 11.0. The van der Waals surface area contributed by atoms with Crippen molar-refractivity contribution in [2.45, 2.75) is 32.4 Å². The van der Waals surface area contributed by atoms with E-state index in [4.69, 9.17) is 5.11 Å². The Morgan fingerprint density at radius 2 is 2.13 bits per heavy atom. The lowest BCUT2D eigenvalue weighted by Crippen LogP contribution is -2.41. The highest BCUT2D eigenvalue weighted by molar-refractivity contribution is 5.73. The molecule has 1 heterocycles. The van der Waals surface area contributed by atoms with E-state index in [1.54, 1.807) is 0 Å². The predicted octanol–water partition coefficient (Wildman–Crippen LogP) is 0.731. The lowest BCUT2D eigenvalue weighted by Gasteiger charge is -2.24. The molecule has 4 nitrogen and oxygen atoms in total. The second-order valence-corrected chi connectivity index (χ2v) is 4.72. The number of carbonyl (C=O) groups is 1. The van der Waals surface area contributed by atoms with Crippen molar-refractivity contribution >= 4 is 5.97 Å². The molecule has 3 atom stereocenters. The summed E-state index contributed by atoms with van der Waals surface area (Å²) in [5.74, 6) is -0.141. The van der Waals surface area contributed by atoms with Gasteiger partial charge in [-0.2, -0.15) is 0 Å². The molecule has 0 aromatic rings. The molecule has 1 aliphatic heterocycles. The summed E-state index contributed by atoms with van der Waals surface area (Å²) in [7, 11) is 4.12. The van der Waals surface area contributed by atoms with Crippen LogP contribution >= 0.6 is 0 Å². The lowest BCUT2D eigenvalue weighted by atomic mass is 10.1. The molecule has 1 N–H and O–H groups in total. The summed E-state index contributed by atoms with van der Waals surface area (Å²) < 4.78 is 0. The molecule has 0 aromatic heterocycles. The zero-order valence-corrected chi connectivity index (χ0v) is 10.1. The van der Waals surface area contributed by atoms with E-state index in [0.717, 1.165) is 13.1 Å². The summed E-state index contributed by atoms with van der Waals surface area (Å²) in [6.07, 6.45) is 0.683. The fourth-order valence-electron chi connectivity index (χ4n) is 2.50. The monoisotopic (exact) mass is 214 g/mol. The highest BCUT2D eigenvalue weighted by atomic mass is 16.4. The van der Waals surface area contributed by atoms with Crippen LogP contribution in [-0.4, -0.2) is 60.1 Å². The van der Waals surface area contributed by atoms with Crippen LogP contribution in [0.3, 0.4) is 0 Å². The maximum Gasteiger partial charge on any atom is 0.320 e. The third-order valence-electron chi connectivity index (χ3n) is 3.38. The summed E-state index contributed by atoms with van der Waals surface area (Å²) in [6.45, 7) is 5.90. The van der Waals surface area contributed by atoms with Crippen molar-refractivity contribution in [2.24, 2.45) is 5.92 Å². The van der Waals surface area contributed by atoms with E-state index in [9.17, 15) is 4.79 Å². The molecule has 0 aromatic carbocycles. The van der Waals surface area contributed by atoms with Crippen LogP contribution in [0.5, 0.6) is 0 Å². The largest absolute Gasteiger partial charge is 0.480 e. The topological polar surface area (TPSA) is 43.8 Å². The van der Waals surface area contributed by atoms with E-state index in [1.165, 1.54) is 0 Å². The zero-order chi connectivity index (χ0) is 11.6. The Morgan fingerprint density at radius 1 is 1.53 bits per heavy atom. The lowest BCUT2D eigenvalue weighted by molar-refractivity contribution is -0.143. The second-order valence-electron chi connectivity index (χ2n) is 4.72. The molecule has 1 fully saturated rings. The highest BCUT2D eigenvalue weighted by Crippen LogP contribution is 2.23. The minimum Gasteiger partial charge on any atom is -0.480 e. The Morgan fingerprint density at radius 3 is 2.47 bits per heavy atom. The first-order chi connectivity index (χ1) is 6.97. The number of carboxylic acid groups (broad SMARTS) is 1. The van der Waals surface area contributed by atoms with Crippen molar-refractivity contribution in [1.29, 1.82) is 0 Å². The minimum atomic E-state index is -0.691. The first kappa shape index (κ1) is 12.5. The van der Waals surface area contributed by atoms with Crippen LogP contribution < -0.4 is 0 Å². The van der Waals surface area contributed by atoms with Crippen LogP contribution in [0.25, 0.3) is 0 Å². The van der Waals surface area contributed by atoms with Gasteiger partial charge < -0.3 is 10.0 Å². The molecule has 1 aliphatic rings. The number of likely N-dealkylation sites (N-methyl/N-ethyl adjacent to an activating group) is 1. The maximum absolute atomic E-state index is 11.0. The number of hydrogen-bond donors (Lipinski definition) is 1. The van der Waals surface area contributed by atoms with Crippen LogP contribution in [-0.2, 0) is 4.79 Å². The molecule has 1 rings (SSSR count). The van der Waals surface area contributed by atoms with Crippen LogP contribution in [0.15, 0.2) is 0 Å². The Kier molecular flexibility index (Phi) is 4.11. The quantitative estimate of drug-likeness (QED) is 0.749. The normalized spacial score (nSPS) is 29.7. The summed E-state index contributed by atoms with van der Waals surface area (Å²) in [5, 5.41) is 9.09. The van der Waals surface area contributed by atoms with Gasteiger partial charge in [0.2, 0.25) is 0 Å². The van der Waals surface area contributed by atoms with Gasteiger partial charge in [-0.3, -0.25) is 9.69 Å². The van der Waals surface area contributed by atoms with Gasteiger partial charge in [0.15, 0.2) is 0 Å². The van der Waals surface area contributed by atoms with Crippen molar-refractivity contribution in [3.63, 3.8) is 0 Å². The third-order valence-corrected chi connectivity index (χ3v) is 3.38. The Balaban J connectivity index is 2.64. The molecule has 15 heavy (non-hydrogen) atoms. The number of nitrogens with zero attached hydrogens (tertiary/aromatic N) is 2. The van der Waals surface area contributed by atoms with E-state index < -0.39 is 5.97 Å². The van der Waals surface area contributed by atoms with Crippen molar-refractivity contribution in [1.82, 2.24) is 9.80 Å². The molecule has 4 heteroatoms. The van der Waals surface area contributed by atoms with E-state index in [-0.39, 0.29) is 6.04 Å². The standard InChI is InChI=1S/C11H22N2O2/c1-5-9(11(14)15)13-6-8(2)10(7-13)12(3)4/h8-10H,5-7H2,1-4H3,(H,14,15). The van der Waals surface area contributed by atoms with Crippen LogP contribution in [0.4, 0.5) is 0 Å². The Labute approximate surface area is 91.9 Å². The number of rotatable bonds is 4.